The zero-order valence-electron chi connectivity index (χ0n) is 11.7. The number of esters is 1. The van der Waals surface area contributed by atoms with Crippen LogP contribution in [0.15, 0.2) is 28.7 Å². The zero-order chi connectivity index (χ0) is 15.3. The molecular formula is C13H18BrNO4S. The van der Waals surface area contributed by atoms with Gasteiger partial charge in [0.05, 0.1) is 17.5 Å². The Balaban J connectivity index is 3.11. The van der Waals surface area contributed by atoms with Crippen LogP contribution >= 0.6 is 15.9 Å². The summed E-state index contributed by atoms with van der Waals surface area (Å²) in [7, 11) is -3.56. The van der Waals surface area contributed by atoms with Crippen molar-refractivity contribution in [2.24, 2.45) is 0 Å². The molecule has 0 aromatic heterocycles. The molecule has 7 heteroatoms. The quantitative estimate of drug-likeness (QED) is 0.728. The van der Waals surface area contributed by atoms with Crippen LogP contribution in [0.1, 0.15) is 20.8 Å². The summed E-state index contributed by atoms with van der Waals surface area (Å²) >= 11 is 3.30. The number of carbonyl (C=O) groups is 1. The van der Waals surface area contributed by atoms with Gasteiger partial charge in [0.2, 0.25) is 10.0 Å². The van der Waals surface area contributed by atoms with Gasteiger partial charge in [-0.2, -0.15) is 0 Å². The van der Waals surface area contributed by atoms with Crippen molar-refractivity contribution in [2.45, 2.75) is 26.9 Å². The molecule has 0 bridgehead atoms. The van der Waals surface area contributed by atoms with Crippen LogP contribution in [0.5, 0.6) is 0 Å². The lowest BCUT2D eigenvalue weighted by Gasteiger charge is -2.24. The molecule has 0 aliphatic rings. The van der Waals surface area contributed by atoms with E-state index >= 15 is 0 Å². The average Bonchev–Trinajstić information content (AvgIpc) is 2.36. The van der Waals surface area contributed by atoms with Crippen LogP contribution in [-0.2, 0) is 19.6 Å². The Morgan fingerprint density at radius 1 is 1.35 bits per heavy atom. The summed E-state index contributed by atoms with van der Waals surface area (Å²) in [6.45, 7) is 4.63. The smallest absolute Gasteiger partial charge is 0.327 e. The van der Waals surface area contributed by atoms with Crippen molar-refractivity contribution < 1.29 is 17.9 Å². The minimum absolute atomic E-state index is 0.0940. The van der Waals surface area contributed by atoms with Gasteiger partial charge in [0.25, 0.3) is 0 Å². The Morgan fingerprint density at radius 2 is 1.95 bits per heavy atom. The molecule has 0 atom stereocenters. The first-order valence-corrected chi connectivity index (χ1v) is 8.62. The van der Waals surface area contributed by atoms with E-state index < -0.39 is 16.0 Å². The molecule has 1 aromatic rings. The topological polar surface area (TPSA) is 63.7 Å². The second kappa shape index (κ2) is 7.08. The van der Waals surface area contributed by atoms with Gasteiger partial charge < -0.3 is 4.74 Å². The average molecular weight is 364 g/mol. The SMILES string of the molecule is CCS(=O)(=O)N(CC(=O)OC(C)C)c1ccccc1Br. The zero-order valence-corrected chi connectivity index (χ0v) is 14.1. The number of anilines is 1. The van der Waals surface area contributed by atoms with E-state index in [2.05, 4.69) is 15.9 Å². The molecule has 0 aliphatic heterocycles. The number of benzene rings is 1. The summed E-state index contributed by atoms with van der Waals surface area (Å²) < 4.78 is 31.0. The van der Waals surface area contributed by atoms with Gasteiger partial charge in [-0.25, -0.2) is 8.42 Å². The number of carbonyl (C=O) groups excluding carboxylic acids is 1. The van der Waals surface area contributed by atoms with Crippen molar-refractivity contribution >= 4 is 37.6 Å². The van der Waals surface area contributed by atoms with Crippen molar-refractivity contribution in [3.63, 3.8) is 0 Å². The van der Waals surface area contributed by atoms with Crippen LogP contribution in [0.3, 0.4) is 0 Å². The van der Waals surface area contributed by atoms with Gasteiger partial charge in [-0.1, -0.05) is 12.1 Å². The third kappa shape index (κ3) is 4.49. The standard InChI is InChI=1S/C13H18BrNO4S/c1-4-20(17,18)15(9-13(16)19-10(2)3)12-8-6-5-7-11(12)14/h5-8,10H,4,9H2,1-3H3. The van der Waals surface area contributed by atoms with Gasteiger partial charge in [0, 0.05) is 4.47 Å². The van der Waals surface area contributed by atoms with Crippen LogP contribution < -0.4 is 4.31 Å². The first-order valence-electron chi connectivity index (χ1n) is 6.22. The highest BCUT2D eigenvalue weighted by Gasteiger charge is 2.25. The van der Waals surface area contributed by atoms with Crippen LogP contribution in [0.2, 0.25) is 0 Å². The van der Waals surface area contributed by atoms with E-state index in [1.165, 1.54) is 6.92 Å². The van der Waals surface area contributed by atoms with Crippen LogP contribution in [0.4, 0.5) is 5.69 Å². The maximum absolute atomic E-state index is 12.2. The number of nitrogens with zero attached hydrogens (tertiary/aromatic N) is 1. The Hall–Kier alpha value is -1.08. The second-order valence-electron chi connectivity index (χ2n) is 4.40. The molecule has 0 spiro atoms. The van der Waals surface area contributed by atoms with Gasteiger partial charge >= 0.3 is 5.97 Å². The van der Waals surface area contributed by atoms with Gasteiger partial charge in [-0.15, -0.1) is 0 Å². The Labute approximate surface area is 128 Å². The number of ether oxygens (including phenoxy) is 1. The molecule has 0 N–H and O–H groups in total. The summed E-state index contributed by atoms with van der Waals surface area (Å²) in [6.07, 6.45) is -0.284. The molecule has 112 valence electrons. The van der Waals surface area contributed by atoms with Crippen LogP contribution in [0.25, 0.3) is 0 Å². The monoisotopic (exact) mass is 363 g/mol. The summed E-state index contributed by atoms with van der Waals surface area (Å²) in [6, 6.07) is 6.85. The van der Waals surface area contributed by atoms with Crippen molar-refractivity contribution in [1.29, 1.82) is 0 Å². The first kappa shape index (κ1) is 17.0. The lowest BCUT2D eigenvalue weighted by atomic mass is 10.3. The second-order valence-corrected chi connectivity index (χ2v) is 7.43. The van der Waals surface area contributed by atoms with Gasteiger partial charge in [0.15, 0.2) is 0 Å². The van der Waals surface area contributed by atoms with Crippen LogP contribution in [0, 0.1) is 0 Å². The van der Waals surface area contributed by atoms with E-state index in [9.17, 15) is 13.2 Å². The molecule has 0 radical (unpaired) electrons. The number of sulfonamides is 1. The number of hydrogen-bond acceptors (Lipinski definition) is 4. The maximum atomic E-state index is 12.2. The fraction of sp³-hybridized carbons (Fsp3) is 0.462. The van der Waals surface area contributed by atoms with Gasteiger partial charge in [-0.05, 0) is 48.8 Å². The summed E-state index contributed by atoms with van der Waals surface area (Å²) in [5.41, 5.74) is 0.426. The highest BCUT2D eigenvalue weighted by Crippen LogP contribution is 2.28. The highest BCUT2D eigenvalue weighted by atomic mass is 79.9. The van der Waals surface area contributed by atoms with E-state index in [-0.39, 0.29) is 18.4 Å². The van der Waals surface area contributed by atoms with E-state index in [1.54, 1.807) is 38.1 Å². The fourth-order valence-electron chi connectivity index (χ4n) is 1.56. The lowest BCUT2D eigenvalue weighted by molar-refractivity contribution is -0.145. The molecule has 20 heavy (non-hydrogen) atoms. The van der Waals surface area contributed by atoms with E-state index in [1.807, 2.05) is 0 Å². The molecule has 0 fully saturated rings. The molecular weight excluding hydrogens is 346 g/mol. The van der Waals surface area contributed by atoms with E-state index in [0.29, 0.717) is 10.2 Å². The molecule has 0 saturated carbocycles. The molecule has 0 heterocycles. The lowest BCUT2D eigenvalue weighted by Crippen LogP contribution is -2.38. The van der Waals surface area contributed by atoms with E-state index in [0.717, 1.165) is 4.31 Å². The molecule has 1 rings (SSSR count). The number of para-hydroxylation sites is 1. The van der Waals surface area contributed by atoms with E-state index in [4.69, 9.17) is 4.74 Å². The van der Waals surface area contributed by atoms with Gasteiger partial charge in [-0.3, -0.25) is 9.10 Å². The Morgan fingerprint density at radius 3 is 2.45 bits per heavy atom. The third-order valence-corrected chi connectivity index (χ3v) is 4.86. The number of halogens is 1. The molecule has 5 nitrogen and oxygen atoms in total. The first-order chi connectivity index (χ1) is 9.27. The fourth-order valence-corrected chi connectivity index (χ4v) is 3.25. The molecule has 0 aliphatic carbocycles. The molecule has 1 aromatic carbocycles. The van der Waals surface area contributed by atoms with Crippen molar-refractivity contribution in [2.75, 3.05) is 16.6 Å². The van der Waals surface area contributed by atoms with Gasteiger partial charge in [0.1, 0.15) is 6.54 Å². The largest absolute Gasteiger partial charge is 0.462 e. The summed E-state index contributed by atoms with van der Waals surface area (Å²) in [5, 5.41) is 0. The number of rotatable bonds is 6. The minimum atomic E-state index is -3.56. The summed E-state index contributed by atoms with van der Waals surface area (Å²) in [5.74, 6) is -0.670. The van der Waals surface area contributed by atoms with Crippen molar-refractivity contribution in [3.8, 4) is 0 Å². The summed E-state index contributed by atoms with van der Waals surface area (Å²) in [4.78, 5) is 11.8. The predicted octanol–water partition coefficient (Wildman–Crippen LogP) is 2.56. The minimum Gasteiger partial charge on any atom is -0.462 e. The molecule has 0 unspecified atom stereocenters. The normalized spacial score (nSPS) is 11.4. The Bertz CT molecular complexity index is 571. The highest BCUT2D eigenvalue weighted by molar-refractivity contribution is 9.10. The predicted molar refractivity (Wildman–Crippen MR) is 82.2 cm³/mol. The van der Waals surface area contributed by atoms with Crippen LogP contribution in [-0.4, -0.2) is 32.8 Å². The maximum Gasteiger partial charge on any atom is 0.327 e. The third-order valence-electron chi connectivity index (χ3n) is 2.46. The van der Waals surface area contributed by atoms with Crippen molar-refractivity contribution in [3.05, 3.63) is 28.7 Å². The number of hydrogen-bond donors (Lipinski definition) is 0. The van der Waals surface area contributed by atoms with Crippen molar-refractivity contribution in [1.82, 2.24) is 0 Å². The molecule has 0 saturated heterocycles. The Kier molecular flexibility index (Phi) is 6.01. The molecule has 0 amide bonds.